The van der Waals surface area contributed by atoms with E-state index in [4.69, 9.17) is 4.74 Å². The second-order valence-corrected chi connectivity index (χ2v) is 10.8. The average molecular weight is 471 g/mol. The highest BCUT2D eigenvalue weighted by Crippen LogP contribution is 2.64. The van der Waals surface area contributed by atoms with Crippen LogP contribution in [0.2, 0.25) is 0 Å². The minimum atomic E-state index is -0.151. The lowest BCUT2D eigenvalue weighted by Crippen LogP contribution is -2.68. The van der Waals surface area contributed by atoms with E-state index in [1.165, 1.54) is 16.7 Å². The number of piperidine rings is 1. The van der Waals surface area contributed by atoms with Gasteiger partial charge in [0.25, 0.3) is 0 Å². The van der Waals surface area contributed by atoms with Crippen LogP contribution in [-0.4, -0.2) is 59.1 Å². The second kappa shape index (κ2) is 8.27. The average Bonchev–Trinajstić information content (AvgIpc) is 3.20. The molecule has 5 nitrogen and oxygen atoms in total. The van der Waals surface area contributed by atoms with Crippen LogP contribution in [-0.2, 0) is 16.6 Å². The Morgan fingerprint density at radius 3 is 2.97 bits per heavy atom. The van der Waals surface area contributed by atoms with Gasteiger partial charge < -0.3 is 14.7 Å². The number of phenols is 1. The molecule has 2 aromatic carbocycles. The van der Waals surface area contributed by atoms with E-state index in [9.17, 15) is 9.90 Å². The van der Waals surface area contributed by atoms with Crippen LogP contribution in [0.4, 0.5) is 0 Å². The van der Waals surface area contributed by atoms with E-state index in [0.717, 1.165) is 44.3 Å². The largest absolute Gasteiger partial charge is 0.504 e. The number of hydrogen-bond acceptors (Lipinski definition) is 4. The van der Waals surface area contributed by atoms with Crippen LogP contribution in [0.1, 0.15) is 41.5 Å². The molecule has 0 unspecified atom stereocenters. The predicted molar refractivity (Wildman–Crippen MR) is 138 cm³/mol. The van der Waals surface area contributed by atoms with Gasteiger partial charge in [0.1, 0.15) is 6.10 Å². The van der Waals surface area contributed by atoms with Crippen molar-refractivity contribution in [2.24, 2.45) is 5.92 Å². The maximum atomic E-state index is 13.3. The summed E-state index contributed by atoms with van der Waals surface area (Å²) < 4.78 is 6.66. The first-order chi connectivity index (χ1) is 16.9. The number of likely N-dealkylation sites (tertiary alicyclic amines) is 1. The molecule has 4 aliphatic rings. The lowest BCUT2D eigenvalue weighted by Gasteiger charge is -2.60. The van der Waals surface area contributed by atoms with Crippen molar-refractivity contribution in [1.29, 1.82) is 0 Å². The Labute approximate surface area is 207 Å². The molecule has 1 N–H and O–H groups in total. The van der Waals surface area contributed by atoms with Crippen LogP contribution in [0.25, 0.3) is 6.08 Å². The van der Waals surface area contributed by atoms with Gasteiger partial charge in [-0.3, -0.25) is 9.69 Å². The predicted octanol–water partition coefficient (Wildman–Crippen LogP) is 4.47. The first-order valence-corrected chi connectivity index (χ1v) is 12.8. The lowest BCUT2D eigenvalue weighted by atomic mass is 9.51. The molecule has 6 rings (SSSR count). The number of carbonyl (C=O) groups is 1. The number of aromatic hydroxyl groups is 1. The summed E-state index contributed by atoms with van der Waals surface area (Å²) in [5, 5.41) is 10.8. The van der Waals surface area contributed by atoms with Gasteiger partial charge in [-0.05, 0) is 68.3 Å². The molecular formula is C30H34N2O3. The maximum absolute atomic E-state index is 13.3. The van der Waals surface area contributed by atoms with Gasteiger partial charge in [0.2, 0.25) is 5.91 Å². The van der Waals surface area contributed by atoms with Crippen molar-refractivity contribution in [2.75, 3.05) is 20.1 Å². The molecule has 2 bridgehead atoms. The van der Waals surface area contributed by atoms with Crippen LogP contribution in [0.5, 0.6) is 11.5 Å². The Kier molecular flexibility index (Phi) is 5.29. The fourth-order valence-electron chi connectivity index (χ4n) is 7.61. The number of hydrogen-bond donors (Lipinski definition) is 1. The number of amides is 1. The van der Waals surface area contributed by atoms with E-state index in [1.54, 1.807) is 12.1 Å². The molecule has 2 heterocycles. The Balaban J connectivity index is 1.35. The molecule has 2 aliphatic carbocycles. The van der Waals surface area contributed by atoms with Crippen LogP contribution in [0.3, 0.4) is 0 Å². The van der Waals surface area contributed by atoms with E-state index in [0.29, 0.717) is 17.7 Å². The molecule has 1 amide bonds. The number of likely N-dealkylation sites (N-methyl/N-ethyl adjacent to an activating group) is 1. The van der Waals surface area contributed by atoms with Gasteiger partial charge in [-0.15, -0.1) is 6.58 Å². The fraction of sp³-hybridized carbons (Fsp3) is 0.433. The Morgan fingerprint density at radius 2 is 2.17 bits per heavy atom. The molecule has 2 aromatic rings. The van der Waals surface area contributed by atoms with Crippen molar-refractivity contribution in [3.8, 4) is 11.5 Å². The summed E-state index contributed by atoms with van der Waals surface area (Å²) in [5.41, 5.74) is 4.57. The summed E-state index contributed by atoms with van der Waals surface area (Å²) in [7, 11) is 1.91. The summed E-state index contributed by atoms with van der Waals surface area (Å²) >= 11 is 0. The first-order valence-electron chi connectivity index (χ1n) is 12.8. The second-order valence-electron chi connectivity index (χ2n) is 10.8. The molecule has 182 valence electrons. The van der Waals surface area contributed by atoms with Crippen LogP contribution >= 0.6 is 0 Å². The molecule has 2 aliphatic heterocycles. The van der Waals surface area contributed by atoms with Gasteiger partial charge in [0, 0.05) is 36.7 Å². The molecule has 2 fully saturated rings. The summed E-state index contributed by atoms with van der Waals surface area (Å²) in [6, 6.07) is 12.4. The molecular weight excluding hydrogens is 436 g/mol. The van der Waals surface area contributed by atoms with Gasteiger partial charge >= 0.3 is 0 Å². The minimum absolute atomic E-state index is 0.00758. The van der Waals surface area contributed by atoms with Crippen LogP contribution < -0.4 is 4.74 Å². The van der Waals surface area contributed by atoms with Gasteiger partial charge in [-0.2, -0.15) is 0 Å². The molecule has 5 atom stereocenters. The van der Waals surface area contributed by atoms with E-state index in [1.807, 2.05) is 36.2 Å². The number of carbonyl (C=O) groups excluding carboxylic acids is 1. The molecule has 0 aromatic heterocycles. The third-order valence-corrected chi connectivity index (χ3v) is 9.07. The molecule has 1 saturated heterocycles. The third-order valence-electron chi connectivity index (χ3n) is 9.07. The zero-order valence-corrected chi connectivity index (χ0v) is 20.6. The maximum Gasteiger partial charge on any atom is 0.246 e. The normalized spacial score (nSPS) is 30.6. The van der Waals surface area contributed by atoms with Crippen LogP contribution in [0.15, 0.2) is 55.1 Å². The number of rotatable bonds is 5. The smallest absolute Gasteiger partial charge is 0.246 e. The summed E-state index contributed by atoms with van der Waals surface area (Å²) in [4.78, 5) is 17.8. The standard InChI is InChI=1S/C30H34N2O3/c1-4-15-32-16-14-30-22-10-11-23(31(3)26(34)13-8-20-7-5-6-19(2)17-20)29(30)35-28-25(33)12-9-21(27(28)30)18-24(22)32/h4-9,12-13,17,22-24,29,33H,1,10-11,14-16,18H2,2-3H3/t22-,23+,24+,29-,30-/m0/s1. The van der Waals surface area contributed by atoms with Crippen molar-refractivity contribution in [2.45, 2.75) is 56.2 Å². The van der Waals surface area contributed by atoms with Crippen molar-refractivity contribution in [3.05, 3.63) is 77.4 Å². The topological polar surface area (TPSA) is 53.0 Å². The summed E-state index contributed by atoms with van der Waals surface area (Å²) in [5.74, 6) is 1.34. The minimum Gasteiger partial charge on any atom is -0.504 e. The number of nitrogens with zero attached hydrogens (tertiary/aromatic N) is 2. The van der Waals surface area contributed by atoms with Gasteiger partial charge in [0.05, 0.1) is 6.04 Å². The van der Waals surface area contributed by atoms with Crippen molar-refractivity contribution >= 4 is 12.0 Å². The quantitative estimate of drug-likeness (QED) is 0.518. The SMILES string of the molecule is C=CCN1CC[C@]23c4c5ccc(O)c4O[C@H]2[C@H](N(C)C(=O)C=Cc2cccc(C)c2)CC[C@H]3[C@H]1C5. The van der Waals surface area contributed by atoms with E-state index in [-0.39, 0.29) is 29.2 Å². The van der Waals surface area contributed by atoms with Gasteiger partial charge in [-0.25, -0.2) is 0 Å². The Hall–Kier alpha value is -3.05. The zero-order valence-electron chi connectivity index (χ0n) is 20.6. The van der Waals surface area contributed by atoms with Gasteiger partial charge in [-0.1, -0.05) is 42.0 Å². The summed E-state index contributed by atoms with van der Waals surface area (Å²) in [6.07, 6.45) is 9.37. The zero-order chi connectivity index (χ0) is 24.3. The molecule has 35 heavy (non-hydrogen) atoms. The highest BCUT2D eigenvalue weighted by atomic mass is 16.5. The van der Waals surface area contributed by atoms with Gasteiger partial charge in [0.15, 0.2) is 11.5 Å². The Bertz CT molecular complexity index is 1220. The van der Waals surface area contributed by atoms with Crippen molar-refractivity contribution < 1.29 is 14.6 Å². The van der Waals surface area contributed by atoms with E-state index < -0.39 is 0 Å². The van der Waals surface area contributed by atoms with Crippen LogP contribution in [0, 0.1) is 12.8 Å². The summed E-state index contributed by atoms with van der Waals surface area (Å²) in [6.45, 7) is 7.93. The Morgan fingerprint density at radius 1 is 1.31 bits per heavy atom. The molecule has 1 saturated carbocycles. The van der Waals surface area contributed by atoms with E-state index in [2.05, 4.69) is 36.6 Å². The fourth-order valence-corrected chi connectivity index (χ4v) is 7.61. The lowest BCUT2D eigenvalue weighted by molar-refractivity contribution is -0.135. The molecule has 1 spiro atoms. The first kappa shape index (κ1) is 22.4. The van der Waals surface area contributed by atoms with Crippen molar-refractivity contribution in [1.82, 2.24) is 9.80 Å². The number of benzene rings is 2. The number of ether oxygens (including phenoxy) is 1. The molecule has 0 radical (unpaired) electrons. The van der Waals surface area contributed by atoms with E-state index >= 15 is 0 Å². The third kappa shape index (κ3) is 3.28. The highest BCUT2D eigenvalue weighted by Gasteiger charge is 2.66. The number of aryl methyl sites for hydroxylation is 1. The number of phenolic OH excluding ortho intramolecular Hbond substituents is 1. The molecule has 5 heteroatoms. The van der Waals surface area contributed by atoms with Crippen molar-refractivity contribution in [3.63, 3.8) is 0 Å². The monoisotopic (exact) mass is 470 g/mol. The highest BCUT2D eigenvalue weighted by molar-refractivity contribution is 5.92.